The molecule has 39 heavy (non-hydrogen) atoms. The van der Waals surface area contributed by atoms with E-state index in [4.69, 9.17) is 4.74 Å². The topological polar surface area (TPSA) is 113 Å². The van der Waals surface area contributed by atoms with E-state index >= 15 is 0 Å². The van der Waals surface area contributed by atoms with Gasteiger partial charge in [0, 0.05) is 35.9 Å². The number of sulfonamides is 1. The number of piperidine rings is 1. The van der Waals surface area contributed by atoms with E-state index in [9.17, 15) is 13.2 Å². The van der Waals surface area contributed by atoms with Crippen molar-refractivity contribution in [3.8, 4) is 11.5 Å². The molecule has 2 fully saturated rings. The van der Waals surface area contributed by atoms with Gasteiger partial charge in [0.05, 0.1) is 6.26 Å². The lowest BCUT2D eigenvalue weighted by Crippen LogP contribution is -2.49. The summed E-state index contributed by atoms with van der Waals surface area (Å²) in [6.45, 7) is 2.77. The summed E-state index contributed by atoms with van der Waals surface area (Å²) in [5.41, 5.74) is 1.71. The summed E-state index contributed by atoms with van der Waals surface area (Å²) in [4.78, 5) is 19.8. The predicted molar refractivity (Wildman–Crippen MR) is 153 cm³/mol. The zero-order valence-electron chi connectivity index (χ0n) is 22.0. The highest BCUT2D eigenvalue weighted by Crippen LogP contribution is 2.26. The molecule has 1 saturated heterocycles. The lowest BCUT2D eigenvalue weighted by Gasteiger charge is -2.35. The quantitative estimate of drug-likeness (QED) is 0.316. The van der Waals surface area contributed by atoms with Gasteiger partial charge in [-0.25, -0.2) is 13.4 Å². The van der Waals surface area contributed by atoms with Crippen LogP contribution in [0.4, 0.5) is 5.69 Å². The minimum Gasteiger partial charge on any atom is -0.457 e. The predicted octanol–water partition coefficient (Wildman–Crippen LogP) is 4.27. The molecule has 2 aromatic carbocycles. The van der Waals surface area contributed by atoms with E-state index in [-0.39, 0.29) is 18.0 Å². The Bertz CT molecular complexity index is 1320. The average Bonchev–Trinajstić information content (AvgIpc) is 3.42. The molecule has 0 bridgehead atoms. The van der Waals surface area contributed by atoms with Crippen LogP contribution in [-0.4, -0.2) is 55.6 Å². The van der Waals surface area contributed by atoms with Gasteiger partial charge in [0.1, 0.15) is 22.5 Å². The number of ether oxygens (including phenoxy) is 1. The Balaban J connectivity index is 1.09. The van der Waals surface area contributed by atoms with Gasteiger partial charge < -0.3 is 10.1 Å². The lowest BCUT2D eigenvalue weighted by molar-refractivity contribution is -0.124. The summed E-state index contributed by atoms with van der Waals surface area (Å²) in [5.74, 6) is 1.40. The van der Waals surface area contributed by atoms with Crippen molar-refractivity contribution in [3.05, 3.63) is 70.7 Å². The van der Waals surface area contributed by atoms with Crippen molar-refractivity contribution >= 4 is 33.0 Å². The number of hydrogen-bond donors (Lipinski definition) is 3. The molecule has 1 aliphatic heterocycles. The zero-order valence-corrected chi connectivity index (χ0v) is 23.6. The molecule has 11 heteroatoms. The van der Waals surface area contributed by atoms with Crippen molar-refractivity contribution in [1.29, 1.82) is 0 Å². The molecule has 0 spiro atoms. The largest absolute Gasteiger partial charge is 0.457 e. The maximum Gasteiger partial charge on any atom is 0.244 e. The number of benzene rings is 2. The van der Waals surface area contributed by atoms with Crippen molar-refractivity contribution in [2.45, 2.75) is 56.8 Å². The fourth-order valence-corrected chi connectivity index (χ4v) is 6.09. The van der Waals surface area contributed by atoms with E-state index in [1.807, 2.05) is 17.5 Å². The molecule has 2 aliphatic rings. The minimum atomic E-state index is -3.31. The van der Waals surface area contributed by atoms with Gasteiger partial charge in [0.2, 0.25) is 15.9 Å². The van der Waals surface area contributed by atoms with Crippen molar-refractivity contribution in [2.24, 2.45) is 0 Å². The number of aromatic nitrogens is 1. The van der Waals surface area contributed by atoms with Gasteiger partial charge in [-0.05, 0) is 87.2 Å². The van der Waals surface area contributed by atoms with Gasteiger partial charge in [-0.15, -0.1) is 11.3 Å². The average molecular weight is 570 g/mol. The fraction of sp³-hybridized carbons (Fsp3) is 0.429. The molecule has 1 unspecified atom stereocenters. The smallest absolute Gasteiger partial charge is 0.244 e. The second-order valence-electron chi connectivity index (χ2n) is 10.3. The molecule has 1 aliphatic carbocycles. The number of carbonyl (C=O) groups is 1. The number of carbonyl (C=O) groups excluding carboxylic acids is 1. The fourth-order valence-electron chi connectivity index (χ4n) is 4.83. The summed E-state index contributed by atoms with van der Waals surface area (Å²) < 4.78 is 31.1. The standard InChI is InChI=1S/C28H35N5O4S2/c1-39(35,36)32-23-7-11-25(12-8-23)37-24-9-5-20(6-10-24)19-33-16-13-22(14-17-33)30-26(28-29-15-18-38-28)27(34)31-21-3-2-4-21/h5-12,15,18,21-22,26,30,32H,2-4,13-14,16-17,19H2,1H3,(H,31,34). The lowest BCUT2D eigenvalue weighted by atomic mass is 9.93. The molecule has 5 rings (SSSR count). The van der Waals surface area contributed by atoms with E-state index in [2.05, 4.69) is 37.4 Å². The van der Waals surface area contributed by atoms with Crippen LogP contribution >= 0.6 is 11.3 Å². The molecule has 9 nitrogen and oxygen atoms in total. The van der Waals surface area contributed by atoms with Crippen molar-refractivity contribution in [1.82, 2.24) is 20.5 Å². The third kappa shape index (κ3) is 8.01. The Morgan fingerprint density at radius 2 is 1.69 bits per heavy atom. The Morgan fingerprint density at radius 3 is 2.26 bits per heavy atom. The Kier molecular flexibility index (Phi) is 8.81. The number of thiazole rings is 1. The van der Waals surface area contributed by atoms with E-state index < -0.39 is 10.0 Å². The van der Waals surface area contributed by atoms with Crippen LogP contribution in [-0.2, 0) is 21.4 Å². The van der Waals surface area contributed by atoms with Crippen LogP contribution < -0.4 is 20.1 Å². The van der Waals surface area contributed by atoms with Crippen molar-refractivity contribution in [3.63, 3.8) is 0 Å². The highest BCUT2D eigenvalue weighted by molar-refractivity contribution is 7.92. The van der Waals surface area contributed by atoms with Crippen LogP contribution in [0.2, 0.25) is 0 Å². The molecule has 0 radical (unpaired) electrons. The number of hydrogen-bond acceptors (Lipinski definition) is 8. The van der Waals surface area contributed by atoms with E-state index in [1.54, 1.807) is 30.5 Å². The minimum absolute atomic E-state index is 0.0425. The Morgan fingerprint density at radius 1 is 1.03 bits per heavy atom. The van der Waals surface area contributed by atoms with E-state index in [0.717, 1.165) is 62.3 Å². The number of likely N-dealkylation sites (tertiary alicyclic amines) is 1. The maximum atomic E-state index is 13.0. The van der Waals surface area contributed by atoms with Crippen LogP contribution in [0.3, 0.4) is 0 Å². The van der Waals surface area contributed by atoms with Crippen LogP contribution in [0.1, 0.15) is 48.7 Å². The zero-order chi connectivity index (χ0) is 27.2. The van der Waals surface area contributed by atoms with Gasteiger partial charge in [-0.1, -0.05) is 12.1 Å². The SMILES string of the molecule is CS(=O)(=O)Nc1ccc(Oc2ccc(CN3CCC(NC(C(=O)NC4CCC4)c4nccs4)CC3)cc2)cc1. The van der Waals surface area contributed by atoms with Gasteiger partial charge in [0.25, 0.3) is 0 Å². The van der Waals surface area contributed by atoms with Crippen LogP contribution in [0.15, 0.2) is 60.1 Å². The molecule has 3 N–H and O–H groups in total. The van der Waals surface area contributed by atoms with Crippen molar-refractivity contribution in [2.75, 3.05) is 24.1 Å². The molecule has 208 valence electrons. The summed E-state index contributed by atoms with van der Waals surface area (Å²) in [5, 5.41) is 9.54. The second-order valence-corrected chi connectivity index (χ2v) is 13.0. The van der Waals surface area contributed by atoms with Gasteiger partial charge in [-0.3, -0.25) is 19.7 Å². The number of anilines is 1. The van der Waals surface area contributed by atoms with Gasteiger partial charge >= 0.3 is 0 Å². The number of rotatable bonds is 11. The highest BCUT2D eigenvalue weighted by atomic mass is 32.2. The summed E-state index contributed by atoms with van der Waals surface area (Å²) >= 11 is 1.53. The van der Waals surface area contributed by atoms with E-state index in [0.29, 0.717) is 17.5 Å². The molecule has 1 saturated carbocycles. The van der Waals surface area contributed by atoms with Crippen LogP contribution in [0.5, 0.6) is 11.5 Å². The first kappa shape index (κ1) is 27.6. The molecular formula is C28H35N5O4S2. The van der Waals surface area contributed by atoms with Crippen molar-refractivity contribution < 1.29 is 17.9 Å². The molecule has 1 aromatic heterocycles. The normalized spacial score (nSPS) is 17.8. The Hall–Kier alpha value is -2.99. The first-order valence-electron chi connectivity index (χ1n) is 13.3. The van der Waals surface area contributed by atoms with Crippen LogP contribution in [0, 0.1) is 0 Å². The van der Waals surface area contributed by atoms with E-state index in [1.165, 1.54) is 23.3 Å². The third-order valence-electron chi connectivity index (χ3n) is 7.12. The first-order valence-corrected chi connectivity index (χ1v) is 16.1. The number of amides is 1. The molecule has 1 atom stereocenters. The third-order valence-corrected chi connectivity index (χ3v) is 8.57. The summed E-state index contributed by atoms with van der Waals surface area (Å²) in [7, 11) is -3.31. The maximum absolute atomic E-state index is 13.0. The number of nitrogens with zero attached hydrogens (tertiary/aromatic N) is 2. The second kappa shape index (κ2) is 12.5. The molecule has 2 heterocycles. The highest BCUT2D eigenvalue weighted by Gasteiger charge is 2.30. The monoisotopic (exact) mass is 569 g/mol. The summed E-state index contributed by atoms with van der Waals surface area (Å²) in [6, 6.07) is 15.0. The number of nitrogens with one attached hydrogen (secondary N) is 3. The molecule has 1 amide bonds. The van der Waals surface area contributed by atoms with Crippen LogP contribution in [0.25, 0.3) is 0 Å². The van der Waals surface area contributed by atoms with Gasteiger partial charge in [0.15, 0.2) is 0 Å². The molecule has 3 aromatic rings. The summed E-state index contributed by atoms with van der Waals surface area (Å²) in [6.07, 6.45) is 8.16. The Labute approximate surface area is 234 Å². The van der Waals surface area contributed by atoms with Gasteiger partial charge in [-0.2, -0.15) is 0 Å². The first-order chi connectivity index (χ1) is 18.8. The molecular weight excluding hydrogens is 534 g/mol.